The number of phenols is 1. The zero-order valence-electron chi connectivity index (χ0n) is 11.8. The number of aromatic hydroxyl groups is 1. The predicted octanol–water partition coefficient (Wildman–Crippen LogP) is 2.42. The SMILES string of the molecule is COc1ccc(CNc2cccc(S(C)(=O)=O)c2)c(O)c1. The summed E-state index contributed by atoms with van der Waals surface area (Å²) >= 11 is 0. The molecule has 0 heterocycles. The summed E-state index contributed by atoms with van der Waals surface area (Å²) in [7, 11) is -1.70. The van der Waals surface area contributed by atoms with Gasteiger partial charge in [-0.3, -0.25) is 0 Å². The van der Waals surface area contributed by atoms with E-state index in [-0.39, 0.29) is 10.6 Å². The van der Waals surface area contributed by atoms with Crippen LogP contribution in [0.1, 0.15) is 5.56 Å². The van der Waals surface area contributed by atoms with Crippen LogP contribution in [0.4, 0.5) is 5.69 Å². The highest BCUT2D eigenvalue weighted by atomic mass is 32.2. The van der Waals surface area contributed by atoms with E-state index >= 15 is 0 Å². The molecule has 0 radical (unpaired) electrons. The van der Waals surface area contributed by atoms with Gasteiger partial charge in [0.15, 0.2) is 9.84 Å². The number of nitrogens with one attached hydrogen (secondary N) is 1. The van der Waals surface area contributed by atoms with Gasteiger partial charge in [-0.2, -0.15) is 0 Å². The van der Waals surface area contributed by atoms with Gasteiger partial charge in [-0.05, 0) is 30.3 Å². The number of rotatable bonds is 5. The lowest BCUT2D eigenvalue weighted by atomic mass is 10.2. The Morgan fingerprint density at radius 1 is 1.19 bits per heavy atom. The van der Waals surface area contributed by atoms with E-state index in [9.17, 15) is 13.5 Å². The van der Waals surface area contributed by atoms with Crippen LogP contribution < -0.4 is 10.1 Å². The van der Waals surface area contributed by atoms with Crippen LogP contribution in [0.25, 0.3) is 0 Å². The summed E-state index contributed by atoms with van der Waals surface area (Å²) in [5, 5.41) is 13.0. The minimum atomic E-state index is -3.23. The fraction of sp³-hybridized carbons (Fsp3) is 0.200. The first-order valence-electron chi connectivity index (χ1n) is 6.30. The molecular weight excluding hydrogens is 290 g/mol. The molecule has 0 aliphatic heterocycles. The Morgan fingerprint density at radius 2 is 1.95 bits per heavy atom. The Hall–Kier alpha value is -2.21. The second kappa shape index (κ2) is 6.05. The van der Waals surface area contributed by atoms with Gasteiger partial charge in [0.25, 0.3) is 0 Å². The molecule has 0 saturated heterocycles. The van der Waals surface area contributed by atoms with E-state index in [0.29, 0.717) is 23.5 Å². The van der Waals surface area contributed by atoms with E-state index in [1.54, 1.807) is 36.4 Å². The van der Waals surface area contributed by atoms with Crippen molar-refractivity contribution in [2.24, 2.45) is 0 Å². The molecule has 2 rings (SSSR count). The monoisotopic (exact) mass is 307 g/mol. The maximum absolute atomic E-state index is 11.5. The Bertz CT molecular complexity index is 741. The summed E-state index contributed by atoms with van der Waals surface area (Å²) < 4.78 is 28.0. The Kier molecular flexibility index (Phi) is 4.37. The third kappa shape index (κ3) is 3.88. The highest BCUT2D eigenvalue weighted by Crippen LogP contribution is 2.24. The van der Waals surface area contributed by atoms with Gasteiger partial charge in [0.1, 0.15) is 11.5 Å². The summed E-state index contributed by atoms with van der Waals surface area (Å²) in [4.78, 5) is 0.256. The van der Waals surface area contributed by atoms with Gasteiger partial charge >= 0.3 is 0 Å². The van der Waals surface area contributed by atoms with Crippen LogP contribution in [-0.4, -0.2) is 26.9 Å². The van der Waals surface area contributed by atoms with E-state index < -0.39 is 9.84 Å². The molecule has 0 spiro atoms. The van der Waals surface area contributed by atoms with Gasteiger partial charge in [0, 0.05) is 30.1 Å². The molecule has 0 aliphatic carbocycles. The molecule has 0 aromatic heterocycles. The van der Waals surface area contributed by atoms with Crippen molar-refractivity contribution in [1.29, 1.82) is 0 Å². The van der Waals surface area contributed by atoms with E-state index in [4.69, 9.17) is 4.74 Å². The summed E-state index contributed by atoms with van der Waals surface area (Å²) in [6, 6.07) is 11.6. The summed E-state index contributed by atoms with van der Waals surface area (Å²) in [5.74, 6) is 0.705. The van der Waals surface area contributed by atoms with Gasteiger partial charge in [-0.15, -0.1) is 0 Å². The van der Waals surface area contributed by atoms with Crippen molar-refractivity contribution >= 4 is 15.5 Å². The fourth-order valence-corrected chi connectivity index (χ4v) is 2.52. The molecule has 0 bridgehead atoms. The van der Waals surface area contributed by atoms with E-state index in [1.165, 1.54) is 19.4 Å². The van der Waals surface area contributed by atoms with E-state index in [0.717, 1.165) is 0 Å². The molecule has 2 aromatic rings. The first kappa shape index (κ1) is 15.2. The highest BCUT2D eigenvalue weighted by Gasteiger charge is 2.08. The average Bonchev–Trinajstić information content (AvgIpc) is 2.45. The van der Waals surface area contributed by atoms with Crippen molar-refractivity contribution in [3.05, 3.63) is 48.0 Å². The van der Waals surface area contributed by atoms with Crippen LogP contribution in [0.3, 0.4) is 0 Å². The number of benzene rings is 2. The van der Waals surface area contributed by atoms with Gasteiger partial charge in [0.2, 0.25) is 0 Å². The molecule has 21 heavy (non-hydrogen) atoms. The van der Waals surface area contributed by atoms with E-state index in [1.807, 2.05) is 0 Å². The molecule has 6 heteroatoms. The number of hydrogen-bond acceptors (Lipinski definition) is 5. The van der Waals surface area contributed by atoms with Gasteiger partial charge in [-0.25, -0.2) is 8.42 Å². The number of phenolic OH excluding ortho intramolecular Hbond substituents is 1. The van der Waals surface area contributed by atoms with Gasteiger partial charge in [0.05, 0.1) is 12.0 Å². The van der Waals surface area contributed by atoms with Crippen LogP contribution in [0, 0.1) is 0 Å². The number of anilines is 1. The molecule has 112 valence electrons. The largest absolute Gasteiger partial charge is 0.507 e. The molecule has 2 N–H and O–H groups in total. The predicted molar refractivity (Wildman–Crippen MR) is 81.5 cm³/mol. The topological polar surface area (TPSA) is 75.6 Å². The lowest BCUT2D eigenvalue weighted by molar-refractivity contribution is 0.406. The highest BCUT2D eigenvalue weighted by molar-refractivity contribution is 7.90. The van der Waals surface area contributed by atoms with Crippen molar-refractivity contribution < 1.29 is 18.3 Å². The number of methoxy groups -OCH3 is 1. The van der Waals surface area contributed by atoms with Crippen molar-refractivity contribution in [3.8, 4) is 11.5 Å². The zero-order chi connectivity index (χ0) is 15.5. The molecule has 0 aliphatic rings. The van der Waals surface area contributed by atoms with Crippen LogP contribution in [0.5, 0.6) is 11.5 Å². The van der Waals surface area contributed by atoms with Crippen LogP contribution in [-0.2, 0) is 16.4 Å². The normalized spacial score (nSPS) is 11.1. The molecular formula is C15H17NO4S. The number of ether oxygens (including phenoxy) is 1. The Labute approximate surface area is 124 Å². The standard InChI is InChI=1S/C15H17NO4S/c1-20-13-7-6-11(15(17)9-13)10-16-12-4-3-5-14(8-12)21(2,18)19/h3-9,16-17H,10H2,1-2H3. The van der Waals surface area contributed by atoms with Crippen molar-refractivity contribution in [2.45, 2.75) is 11.4 Å². The molecule has 2 aromatic carbocycles. The molecule has 5 nitrogen and oxygen atoms in total. The summed E-state index contributed by atoms with van der Waals surface area (Å²) in [6.07, 6.45) is 1.17. The van der Waals surface area contributed by atoms with Gasteiger partial charge in [-0.1, -0.05) is 6.07 Å². The number of hydrogen-bond donors (Lipinski definition) is 2. The molecule has 0 unspecified atom stereocenters. The smallest absolute Gasteiger partial charge is 0.175 e. The maximum atomic E-state index is 11.5. The first-order valence-corrected chi connectivity index (χ1v) is 8.19. The third-order valence-electron chi connectivity index (χ3n) is 3.04. The first-order chi connectivity index (χ1) is 9.90. The second-order valence-electron chi connectivity index (χ2n) is 4.65. The Balaban J connectivity index is 2.13. The van der Waals surface area contributed by atoms with Crippen LogP contribution >= 0.6 is 0 Å². The van der Waals surface area contributed by atoms with Crippen molar-refractivity contribution in [3.63, 3.8) is 0 Å². The maximum Gasteiger partial charge on any atom is 0.175 e. The Morgan fingerprint density at radius 3 is 2.57 bits per heavy atom. The molecule has 0 atom stereocenters. The number of sulfone groups is 1. The molecule has 0 fully saturated rings. The van der Waals surface area contributed by atoms with Crippen LogP contribution in [0.15, 0.2) is 47.4 Å². The zero-order valence-corrected chi connectivity index (χ0v) is 12.6. The second-order valence-corrected chi connectivity index (χ2v) is 6.66. The van der Waals surface area contributed by atoms with Crippen LogP contribution in [0.2, 0.25) is 0 Å². The lowest BCUT2D eigenvalue weighted by Crippen LogP contribution is -2.02. The van der Waals surface area contributed by atoms with Crippen molar-refractivity contribution in [2.75, 3.05) is 18.7 Å². The summed E-state index contributed by atoms with van der Waals surface area (Å²) in [5.41, 5.74) is 1.37. The quantitative estimate of drug-likeness (QED) is 0.887. The molecule has 0 amide bonds. The average molecular weight is 307 g/mol. The molecule has 0 saturated carbocycles. The summed E-state index contributed by atoms with van der Waals surface area (Å²) in [6.45, 7) is 0.378. The van der Waals surface area contributed by atoms with Gasteiger partial charge < -0.3 is 15.2 Å². The minimum absolute atomic E-state index is 0.126. The minimum Gasteiger partial charge on any atom is -0.507 e. The van der Waals surface area contributed by atoms with Crippen molar-refractivity contribution in [1.82, 2.24) is 0 Å². The lowest BCUT2D eigenvalue weighted by Gasteiger charge is -2.10. The third-order valence-corrected chi connectivity index (χ3v) is 4.15. The fourth-order valence-electron chi connectivity index (χ4n) is 1.85. The van der Waals surface area contributed by atoms with E-state index in [2.05, 4.69) is 5.32 Å².